The van der Waals surface area contributed by atoms with Gasteiger partial charge in [-0.3, -0.25) is 0 Å². The summed E-state index contributed by atoms with van der Waals surface area (Å²) < 4.78 is 11.1. The molecule has 19 heavy (non-hydrogen) atoms. The largest absolute Gasteiger partial charge is 0.497 e. The number of nitrogens with zero attached hydrogens (tertiary/aromatic N) is 1. The van der Waals surface area contributed by atoms with Crippen molar-refractivity contribution < 1.29 is 14.3 Å². The molecule has 1 aliphatic heterocycles. The Morgan fingerprint density at radius 1 is 1.53 bits per heavy atom. The van der Waals surface area contributed by atoms with Crippen LogP contribution in [0.4, 0.5) is 4.79 Å². The quantitative estimate of drug-likeness (QED) is 0.795. The molecule has 1 aliphatic rings. The van der Waals surface area contributed by atoms with Crippen LogP contribution in [0.15, 0.2) is 23.3 Å². The number of methoxy groups -OCH3 is 1. The number of primary amides is 1. The zero-order valence-electron chi connectivity index (χ0n) is 11.2. The Kier molecular flexibility index (Phi) is 3.33. The minimum atomic E-state index is -0.688. The van der Waals surface area contributed by atoms with Crippen molar-refractivity contribution >= 4 is 11.7 Å². The second-order valence-electron chi connectivity index (χ2n) is 4.94. The first-order chi connectivity index (χ1) is 8.91. The molecule has 3 N–H and O–H groups in total. The Morgan fingerprint density at radius 3 is 2.89 bits per heavy atom. The van der Waals surface area contributed by atoms with E-state index >= 15 is 0 Å². The molecule has 0 unspecified atom stereocenters. The van der Waals surface area contributed by atoms with E-state index in [-0.39, 0.29) is 0 Å². The predicted molar refractivity (Wildman–Crippen MR) is 71.6 cm³/mol. The summed E-state index contributed by atoms with van der Waals surface area (Å²) in [4.78, 5) is 10.8. The summed E-state index contributed by atoms with van der Waals surface area (Å²) in [5.74, 6) is 1.39. The van der Waals surface area contributed by atoms with Crippen molar-refractivity contribution in [2.24, 2.45) is 10.8 Å². The number of fused-ring (bicyclic) bond motifs is 1. The molecular formula is C13H17N3O3. The molecule has 0 bridgehead atoms. The van der Waals surface area contributed by atoms with Gasteiger partial charge in [0.05, 0.1) is 12.8 Å². The molecule has 102 valence electrons. The second-order valence-corrected chi connectivity index (χ2v) is 4.94. The van der Waals surface area contributed by atoms with Crippen molar-refractivity contribution in [3.63, 3.8) is 0 Å². The molecule has 6 heteroatoms. The highest BCUT2D eigenvalue weighted by Crippen LogP contribution is 2.35. The monoisotopic (exact) mass is 263 g/mol. The number of carbonyl (C=O) groups is 1. The predicted octanol–water partition coefficient (Wildman–Crippen LogP) is 1.63. The fourth-order valence-electron chi connectivity index (χ4n) is 2.01. The minimum Gasteiger partial charge on any atom is -0.497 e. The third-order valence-corrected chi connectivity index (χ3v) is 2.78. The van der Waals surface area contributed by atoms with Gasteiger partial charge in [0.1, 0.15) is 17.1 Å². The minimum absolute atomic E-state index is 0.405. The van der Waals surface area contributed by atoms with Gasteiger partial charge in [0, 0.05) is 18.1 Å². The topological polar surface area (TPSA) is 85.9 Å². The number of carbonyl (C=O) groups excluding carboxylic acids is 1. The maximum atomic E-state index is 10.8. The van der Waals surface area contributed by atoms with E-state index in [1.165, 1.54) is 0 Å². The van der Waals surface area contributed by atoms with E-state index in [2.05, 4.69) is 10.5 Å². The summed E-state index contributed by atoms with van der Waals surface area (Å²) in [5.41, 5.74) is 8.45. The molecule has 0 saturated heterocycles. The van der Waals surface area contributed by atoms with E-state index in [4.69, 9.17) is 15.2 Å². The smallest absolute Gasteiger partial charge is 0.332 e. The van der Waals surface area contributed by atoms with Gasteiger partial charge in [0.2, 0.25) is 0 Å². The van der Waals surface area contributed by atoms with E-state index in [1.54, 1.807) is 13.2 Å². The summed E-state index contributed by atoms with van der Waals surface area (Å²) in [5, 5.41) is 4.05. The summed E-state index contributed by atoms with van der Waals surface area (Å²) in [7, 11) is 1.60. The van der Waals surface area contributed by atoms with Gasteiger partial charge in [0.25, 0.3) is 0 Å². The van der Waals surface area contributed by atoms with Gasteiger partial charge in [-0.15, -0.1) is 0 Å². The molecule has 1 aromatic rings. The SMILES string of the molecule is COc1ccc2c(c1)OC(C)(C)C/C2=N/NC(N)=O. The van der Waals surface area contributed by atoms with Crippen molar-refractivity contribution in [1.82, 2.24) is 5.43 Å². The van der Waals surface area contributed by atoms with Gasteiger partial charge >= 0.3 is 6.03 Å². The summed E-state index contributed by atoms with van der Waals surface area (Å²) >= 11 is 0. The molecule has 0 aliphatic carbocycles. The van der Waals surface area contributed by atoms with Crippen LogP contribution in [0.1, 0.15) is 25.8 Å². The Hall–Kier alpha value is -2.24. The maximum Gasteiger partial charge on any atom is 0.332 e. The standard InChI is InChI=1S/C13H17N3O3/c1-13(2)7-10(15-16-12(14)17)9-5-4-8(18-3)6-11(9)19-13/h4-6H,7H2,1-3H3,(H3,14,16,17)/b15-10-. The van der Waals surface area contributed by atoms with E-state index in [0.29, 0.717) is 17.9 Å². The van der Waals surface area contributed by atoms with Gasteiger partial charge in [-0.05, 0) is 26.0 Å². The highest BCUT2D eigenvalue weighted by atomic mass is 16.5. The number of amides is 2. The normalized spacial score (nSPS) is 18.4. The summed E-state index contributed by atoms with van der Waals surface area (Å²) in [6.45, 7) is 3.91. The molecule has 0 aromatic heterocycles. The first kappa shape index (κ1) is 13.2. The number of nitrogens with one attached hydrogen (secondary N) is 1. The van der Waals surface area contributed by atoms with E-state index in [0.717, 1.165) is 11.3 Å². The molecule has 6 nitrogen and oxygen atoms in total. The third-order valence-electron chi connectivity index (χ3n) is 2.78. The molecule has 1 aromatic carbocycles. The highest BCUT2D eigenvalue weighted by Gasteiger charge is 2.31. The van der Waals surface area contributed by atoms with Crippen LogP contribution in [-0.4, -0.2) is 24.5 Å². The van der Waals surface area contributed by atoms with Gasteiger partial charge < -0.3 is 15.2 Å². The van der Waals surface area contributed by atoms with Crippen molar-refractivity contribution in [3.8, 4) is 11.5 Å². The molecule has 0 radical (unpaired) electrons. The maximum absolute atomic E-state index is 10.8. The highest BCUT2D eigenvalue weighted by molar-refractivity contribution is 6.04. The van der Waals surface area contributed by atoms with Gasteiger partial charge in [-0.25, -0.2) is 10.2 Å². The van der Waals surface area contributed by atoms with Crippen LogP contribution in [0.2, 0.25) is 0 Å². The molecule has 1 heterocycles. The van der Waals surface area contributed by atoms with E-state index in [9.17, 15) is 4.79 Å². The number of hydrazone groups is 1. The Balaban J connectivity index is 2.43. The lowest BCUT2D eigenvalue weighted by Gasteiger charge is -2.33. The summed E-state index contributed by atoms with van der Waals surface area (Å²) in [6.07, 6.45) is 0.576. The summed E-state index contributed by atoms with van der Waals surface area (Å²) in [6, 6.07) is 4.79. The Labute approximate surface area is 111 Å². The number of urea groups is 1. The first-order valence-corrected chi connectivity index (χ1v) is 5.91. The van der Waals surface area contributed by atoms with E-state index < -0.39 is 11.6 Å². The van der Waals surface area contributed by atoms with Crippen molar-refractivity contribution in [1.29, 1.82) is 0 Å². The van der Waals surface area contributed by atoms with Gasteiger partial charge in [-0.2, -0.15) is 5.10 Å². The number of nitrogens with two attached hydrogens (primary N) is 1. The van der Waals surface area contributed by atoms with Crippen LogP contribution in [0.5, 0.6) is 11.5 Å². The molecule has 2 amide bonds. The molecule has 0 fully saturated rings. The number of hydrogen-bond acceptors (Lipinski definition) is 4. The first-order valence-electron chi connectivity index (χ1n) is 5.91. The fourth-order valence-corrected chi connectivity index (χ4v) is 2.01. The molecule has 0 saturated carbocycles. The van der Waals surface area contributed by atoms with Crippen LogP contribution in [0.3, 0.4) is 0 Å². The van der Waals surface area contributed by atoms with E-state index in [1.807, 2.05) is 26.0 Å². The van der Waals surface area contributed by atoms with Crippen LogP contribution >= 0.6 is 0 Å². The van der Waals surface area contributed by atoms with Gasteiger partial charge in [0.15, 0.2) is 0 Å². The lowest BCUT2D eigenvalue weighted by atomic mass is 9.92. The van der Waals surface area contributed by atoms with Crippen molar-refractivity contribution in [3.05, 3.63) is 23.8 Å². The van der Waals surface area contributed by atoms with Crippen molar-refractivity contribution in [2.75, 3.05) is 7.11 Å². The Bertz CT molecular complexity index is 538. The van der Waals surface area contributed by atoms with Crippen LogP contribution in [0, 0.1) is 0 Å². The van der Waals surface area contributed by atoms with Crippen LogP contribution < -0.4 is 20.6 Å². The van der Waals surface area contributed by atoms with Gasteiger partial charge in [-0.1, -0.05) is 0 Å². The molecule has 0 atom stereocenters. The average molecular weight is 263 g/mol. The van der Waals surface area contributed by atoms with Crippen molar-refractivity contribution in [2.45, 2.75) is 25.9 Å². The molecule has 0 spiro atoms. The zero-order chi connectivity index (χ0) is 14.0. The number of ether oxygens (including phenoxy) is 2. The second kappa shape index (κ2) is 4.79. The zero-order valence-corrected chi connectivity index (χ0v) is 11.2. The fraction of sp³-hybridized carbons (Fsp3) is 0.385. The van der Waals surface area contributed by atoms with Crippen LogP contribution in [-0.2, 0) is 0 Å². The average Bonchev–Trinajstić information content (AvgIpc) is 2.33. The Morgan fingerprint density at radius 2 is 2.26 bits per heavy atom. The molecule has 2 rings (SSSR count). The third kappa shape index (κ3) is 2.96. The number of hydrogen-bond donors (Lipinski definition) is 2. The molecular weight excluding hydrogens is 246 g/mol. The lowest BCUT2D eigenvalue weighted by molar-refractivity contribution is 0.111. The number of rotatable bonds is 2. The van der Waals surface area contributed by atoms with Crippen LogP contribution in [0.25, 0.3) is 0 Å². The lowest BCUT2D eigenvalue weighted by Crippen LogP contribution is -2.37. The number of benzene rings is 1.